The molecule has 0 saturated heterocycles. The molecule has 4 aromatic rings. The lowest BCUT2D eigenvalue weighted by atomic mass is 10.0. The van der Waals surface area contributed by atoms with Gasteiger partial charge in [0.1, 0.15) is 12.2 Å². The SMILES string of the molecule is Cc1cccc(-c2ccc(CN3CCc4nc(-c5cncnc5)[nH]c(=O)c4C3)cn2)c1C. The van der Waals surface area contributed by atoms with Crippen LogP contribution in [0.25, 0.3) is 22.6 Å². The highest BCUT2D eigenvalue weighted by Gasteiger charge is 2.22. The van der Waals surface area contributed by atoms with Crippen molar-refractivity contribution in [1.29, 1.82) is 0 Å². The maximum Gasteiger partial charge on any atom is 0.255 e. The van der Waals surface area contributed by atoms with Gasteiger partial charge >= 0.3 is 0 Å². The van der Waals surface area contributed by atoms with Gasteiger partial charge in [0.25, 0.3) is 5.56 Å². The van der Waals surface area contributed by atoms with Crippen LogP contribution in [0.5, 0.6) is 0 Å². The minimum absolute atomic E-state index is 0.0954. The summed E-state index contributed by atoms with van der Waals surface area (Å²) < 4.78 is 0. The standard InChI is InChI=1S/C25H24N6O/c1-16-4-3-5-20(17(16)2)22-7-6-18(10-28-22)13-31-9-8-23-21(14-31)25(32)30-24(29-23)19-11-26-15-27-12-19/h3-7,10-12,15H,8-9,13-14H2,1-2H3,(H,29,30,32). The monoisotopic (exact) mass is 424 g/mol. The molecule has 0 unspecified atom stereocenters. The fourth-order valence-electron chi connectivity index (χ4n) is 4.14. The topological polar surface area (TPSA) is 87.7 Å². The Morgan fingerprint density at radius 3 is 2.69 bits per heavy atom. The average molecular weight is 425 g/mol. The van der Waals surface area contributed by atoms with Gasteiger partial charge < -0.3 is 4.98 Å². The second-order valence-electron chi connectivity index (χ2n) is 8.23. The Bertz CT molecular complexity index is 1310. The summed E-state index contributed by atoms with van der Waals surface area (Å²) in [6.07, 6.45) is 7.44. The molecule has 7 nitrogen and oxygen atoms in total. The number of nitrogens with zero attached hydrogens (tertiary/aromatic N) is 5. The van der Waals surface area contributed by atoms with Crippen molar-refractivity contribution in [2.24, 2.45) is 0 Å². The van der Waals surface area contributed by atoms with Crippen LogP contribution in [-0.2, 0) is 19.5 Å². The number of fused-ring (bicyclic) bond motifs is 1. The average Bonchev–Trinajstić information content (AvgIpc) is 2.82. The molecule has 32 heavy (non-hydrogen) atoms. The molecule has 160 valence electrons. The lowest BCUT2D eigenvalue weighted by Crippen LogP contribution is -2.35. The number of pyridine rings is 1. The second-order valence-corrected chi connectivity index (χ2v) is 8.23. The van der Waals surface area contributed by atoms with Crippen molar-refractivity contribution in [3.63, 3.8) is 0 Å². The van der Waals surface area contributed by atoms with Gasteiger partial charge in [-0.1, -0.05) is 24.3 Å². The maximum atomic E-state index is 12.7. The van der Waals surface area contributed by atoms with Gasteiger partial charge in [-0.2, -0.15) is 0 Å². The van der Waals surface area contributed by atoms with E-state index >= 15 is 0 Å². The first kappa shape index (κ1) is 20.2. The third kappa shape index (κ3) is 3.94. The van der Waals surface area contributed by atoms with Gasteiger partial charge in [-0.15, -0.1) is 0 Å². The quantitative estimate of drug-likeness (QED) is 0.540. The molecule has 0 saturated carbocycles. The first-order valence-corrected chi connectivity index (χ1v) is 10.7. The summed E-state index contributed by atoms with van der Waals surface area (Å²) in [5, 5.41) is 0. The van der Waals surface area contributed by atoms with Gasteiger partial charge in [-0.3, -0.25) is 14.7 Å². The van der Waals surface area contributed by atoms with E-state index < -0.39 is 0 Å². The number of hydrogen-bond acceptors (Lipinski definition) is 6. The van der Waals surface area contributed by atoms with Gasteiger partial charge in [0.05, 0.1) is 22.5 Å². The predicted octanol–water partition coefficient (Wildman–Crippen LogP) is 3.46. The van der Waals surface area contributed by atoms with Gasteiger partial charge in [0, 0.05) is 50.2 Å². The molecule has 5 rings (SSSR count). The second kappa shape index (κ2) is 8.43. The van der Waals surface area contributed by atoms with Gasteiger partial charge in [0.15, 0.2) is 0 Å². The van der Waals surface area contributed by atoms with Gasteiger partial charge in [0.2, 0.25) is 0 Å². The summed E-state index contributed by atoms with van der Waals surface area (Å²) in [7, 11) is 0. The zero-order valence-electron chi connectivity index (χ0n) is 18.2. The van der Waals surface area contributed by atoms with Crippen LogP contribution in [0.15, 0.2) is 60.0 Å². The van der Waals surface area contributed by atoms with E-state index in [1.54, 1.807) is 12.4 Å². The summed E-state index contributed by atoms with van der Waals surface area (Å²) in [6.45, 7) is 6.41. The third-order valence-electron chi connectivity index (χ3n) is 6.09. The fraction of sp³-hybridized carbons (Fsp3) is 0.240. The molecule has 0 spiro atoms. The van der Waals surface area contributed by atoms with Crippen molar-refractivity contribution >= 4 is 0 Å². The predicted molar refractivity (Wildman–Crippen MR) is 123 cm³/mol. The summed E-state index contributed by atoms with van der Waals surface area (Å²) in [4.78, 5) is 35.3. The third-order valence-corrected chi connectivity index (χ3v) is 6.09. The molecule has 1 aliphatic heterocycles. The molecular formula is C25H24N6O. The molecule has 7 heteroatoms. The van der Waals surface area contributed by atoms with E-state index in [0.717, 1.165) is 42.0 Å². The number of nitrogens with one attached hydrogen (secondary N) is 1. The Balaban J connectivity index is 1.32. The van der Waals surface area contributed by atoms with Crippen LogP contribution in [0.2, 0.25) is 0 Å². The van der Waals surface area contributed by atoms with Crippen LogP contribution in [0.4, 0.5) is 0 Å². The highest BCUT2D eigenvalue weighted by molar-refractivity contribution is 5.64. The van der Waals surface area contributed by atoms with Crippen LogP contribution >= 0.6 is 0 Å². The van der Waals surface area contributed by atoms with Crippen LogP contribution in [-0.4, -0.2) is 36.4 Å². The Hall–Kier alpha value is -3.71. The number of aromatic nitrogens is 5. The fourth-order valence-corrected chi connectivity index (χ4v) is 4.14. The molecule has 1 aliphatic rings. The summed E-state index contributed by atoms with van der Waals surface area (Å²) >= 11 is 0. The minimum atomic E-state index is -0.0954. The number of rotatable bonds is 4. The molecule has 0 atom stereocenters. The first-order valence-electron chi connectivity index (χ1n) is 10.7. The van der Waals surface area contributed by atoms with E-state index in [2.05, 4.69) is 69.0 Å². The van der Waals surface area contributed by atoms with Crippen molar-refractivity contribution in [2.75, 3.05) is 6.54 Å². The normalized spacial score (nSPS) is 13.7. The van der Waals surface area contributed by atoms with Crippen molar-refractivity contribution in [3.05, 3.63) is 93.6 Å². The van der Waals surface area contributed by atoms with Crippen molar-refractivity contribution in [2.45, 2.75) is 33.4 Å². The molecule has 0 bridgehead atoms. The molecule has 1 aromatic carbocycles. The zero-order chi connectivity index (χ0) is 22.1. The van der Waals surface area contributed by atoms with E-state index in [-0.39, 0.29) is 5.56 Å². The molecule has 0 aliphatic carbocycles. The molecule has 1 N–H and O–H groups in total. The minimum Gasteiger partial charge on any atom is -0.306 e. The molecular weight excluding hydrogens is 400 g/mol. The largest absolute Gasteiger partial charge is 0.306 e. The molecule has 0 radical (unpaired) electrons. The van der Waals surface area contributed by atoms with E-state index in [4.69, 9.17) is 4.98 Å². The molecule has 0 amide bonds. The van der Waals surface area contributed by atoms with E-state index in [1.165, 1.54) is 23.0 Å². The molecule has 0 fully saturated rings. The number of aryl methyl sites for hydroxylation is 1. The Kier molecular flexibility index (Phi) is 5.33. The van der Waals surface area contributed by atoms with Crippen LogP contribution < -0.4 is 5.56 Å². The van der Waals surface area contributed by atoms with E-state index in [0.29, 0.717) is 17.9 Å². The highest BCUT2D eigenvalue weighted by Crippen LogP contribution is 2.24. The zero-order valence-corrected chi connectivity index (χ0v) is 18.2. The Morgan fingerprint density at radius 1 is 1.06 bits per heavy atom. The van der Waals surface area contributed by atoms with Gasteiger partial charge in [-0.05, 0) is 36.6 Å². The smallest absolute Gasteiger partial charge is 0.255 e. The highest BCUT2D eigenvalue weighted by atomic mass is 16.1. The summed E-state index contributed by atoms with van der Waals surface area (Å²) in [5.41, 5.74) is 8.01. The Morgan fingerprint density at radius 2 is 1.91 bits per heavy atom. The first-order chi connectivity index (χ1) is 15.6. The lowest BCUT2D eigenvalue weighted by Gasteiger charge is -2.27. The van der Waals surface area contributed by atoms with E-state index in [9.17, 15) is 4.79 Å². The van der Waals surface area contributed by atoms with Crippen molar-refractivity contribution < 1.29 is 0 Å². The van der Waals surface area contributed by atoms with Crippen LogP contribution in [0.3, 0.4) is 0 Å². The lowest BCUT2D eigenvalue weighted by molar-refractivity contribution is 0.241. The number of aromatic amines is 1. The van der Waals surface area contributed by atoms with Gasteiger partial charge in [-0.25, -0.2) is 15.0 Å². The van der Waals surface area contributed by atoms with E-state index in [1.807, 2.05) is 6.20 Å². The number of hydrogen-bond donors (Lipinski definition) is 1. The molecule has 3 aromatic heterocycles. The summed E-state index contributed by atoms with van der Waals surface area (Å²) in [6, 6.07) is 10.5. The van der Waals surface area contributed by atoms with Crippen LogP contribution in [0, 0.1) is 13.8 Å². The number of benzene rings is 1. The van der Waals surface area contributed by atoms with Crippen molar-refractivity contribution in [3.8, 4) is 22.6 Å². The van der Waals surface area contributed by atoms with Crippen LogP contribution in [0.1, 0.15) is 27.9 Å². The van der Waals surface area contributed by atoms with Crippen molar-refractivity contribution in [1.82, 2.24) is 29.8 Å². The summed E-state index contributed by atoms with van der Waals surface area (Å²) in [5.74, 6) is 0.522. The Labute approximate surface area is 186 Å². The molecule has 4 heterocycles. The maximum absolute atomic E-state index is 12.7. The number of H-pyrrole nitrogens is 1.